The number of ether oxygens (including phenoxy) is 2. The highest BCUT2D eigenvalue weighted by Gasteiger charge is 2.43. The van der Waals surface area contributed by atoms with E-state index in [-0.39, 0.29) is 5.60 Å². The summed E-state index contributed by atoms with van der Waals surface area (Å²) in [5, 5.41) is 3.47. The zero-order valence-corrected chi connectivity index (χ0v) is 15.2. The molecule has 2 aliphatic heterocycles. The van der Waals surface area contributed by atoms with Crippen molar-refractivity contribution in [2.24, 2.45) is 0 Å². The lowest BCUT2D eigenvalue weighted by molar-refractivity contribution is -0.0737. The van der Waals surface area contributed by atoms with E-state index in [0.717, 1.165) is 51.3 Å². The Bertz CT molecular complexity index is 710. The molecule has 6 heteroatoms. The maximum Gasteiger partial charge on any atom is 0.222 e. The Kier molecular flexibility index (Phi) is 5.04. The summed E-state index contributed by atoms with van der Waals surface area (Å²) in [5.74, 6) is 1.61. The molecular formula is C20H26N4O2. The van der Waals surface area contributed by atoms with Crippen molar-refractivity contribution in [2.45, 2.75) is 37.5 Å². The highest BCUT2D eigenvalue weighted by atomic mass is 16.5. The van der Waals surface area contributed by atoms with Gasteiger partial charge in [0.1, 0.15) is 5.75 Å². The number of methoxy groups -OCH3 is 1. The first-order chi connectivity index (χ1) is 12.7. The van der Waals surface area contributed by atoms with Gasteiger partial charge in [0.15, 0.2) is 0 Å². The Hall–Kier alpha value is -2.18. The molecule has 2 aliphatic rings. The van der Waals surface area contributed by atoms with E-state index < -0.39 is 0 Å². The molecule has 0 radical (unpaired) electrons. The minimum absolute atomic E-state index is 0.0445. The molecule has 2 fully saturated rings. The molecule has 3 heterocycles. The molecule has 26 heavy (non-hydrogen) atoms. The number of rotatable bonds is 5. The van der Waals surface area contributed by atoms with E-state index in [9.17, 15) is 0 Å². The molecule has 0 amide bonds. The summed E-state index contributed by atoms with van der Waals surface area (Å²) < 4.78 is 11.5. The van der Waals surface area contributed by atoms with Crippen LogP contribution in [0.15, 0.2) is 42.7 Å². The SMILES string of the molecule is COc1ccc(CN2CC[C@@]3(C[C@H](Nc4ncccn4)CCO3)C2)cc1. The summed E-state index contributed by atoms with van der Waals surface area (Å²) in [6, 6.07) is 10.5. The molecule has 6 nitrogen and oxygen atoms in total. The lowest BCUT2D eigenvalue weighted by Crippen LogP contribution is -2.46. The molecule has 0 unspecified atom stereocenters. The molecule has 2 aromatic rings. The van der Waals surface area contributed by atoms with Crippen molar-refractivity contribution >= 4 is 5.95 Å². The Morgan fingerprint density at radius 3 is 2.85 bits per heavy atom. The molecule has 0 bridgehead atoms. The van der Waals surface area contributed by atoms with Gasteiger partial charge < -0.3 is 14.8 Å². The normalized spacial score (nSPS) is 26.1. The van der Waals surface area contributed by atoms with Gasteiger partial charge in [0.05, 0.1) is 12.7 Å². The first kappa shape index (κ1) is 17.2. The third-order valence-corrected chi connectivity index (χ3v) is 5.35. The summed E-state index contributed by atoms with van der Waals surface area (Å²) in [7, 11) is 1.70. The van der Waals surface area contributed by atoms with Crippen molar-refractivity contribution in [1.29, 1.82) is 0 Å². The monoisotopic (exact) mass is 354 g/mol. The summed E-state index contributed by atoms with van der Waals surface area (Å²) in [6.07, 6.45) is 6.63. The van der Waals surface area contributed by atoms with Crippen LogP contribution in [0.4, 0.5) is 5.95 Å². The van der Waals surface area contributed by atoms with Crippen molar-refractivity contribution in [3.63, 3.8) is 0 Å². The Morgan fingerprint density at radius 1 is 1.27 bits per heavy atom. The standard InChI is InChI=1S/C20H26N4O2/c1-25-18-5-3-16(4-6-18)14-24-11-8-20(15-24)13-17(7-12-26-20)23-19-21-9-2-10-22-19/h2-6,9-10,17H,7-8,11-15H2,1H3,(H,21,22,23)/t17-,20-/m1/s1. The van der Waals surface area contributed by atoms with E-state index in [1.165, 1.54) is 5.56 Å². The van der Waals surface area contributed by atoms with Crippen LogP contribution in [0.1, 0.15) is 24.8 Å². The van der Waals surface area contributed by atoms with Crippen LogP contribution in [0.3, 0.4) is 0 Å². The van der Waals surface area contributed by atoms with Crippen molar-refractivity contribution in [1.82, 2.24) is 14.9 Å². The second-order valence-corrected chi connectivity index (χ2v) is 7.25. The Balaban J connectivity index is 1.35. The second-order valence-electron chi connectivity index (χ2n) is 7.25. The molecule has 0 aliphatic carbocycles. The van der Waals surface area contributed by atoms with Gasteiger partial charge in [-0.3, -0.25) is 4.90 Å². The molecule has 4 rings (SSSR count). The van der Waals surface area contributed by atoms with Crippen LogP contribution in [0.5, 0.6) is 5.75 Å². The number of nitrogens with zero attached hydrogens (tertiary/aromatic N) is 3. The molecule has 1 aromatic carbocycles. The smallest absolute Gasteiger partial charge is 0.222 e. The fraction of sp³-hybridized carbons (Fsp3) is 0.500. The van der Waals surface area contributed by atoms with E-state index >= 15 is 0 Å². The van der Waals surface area contributed by atoms with Crippen LogP contribution >= 0.6 is 0 Å². The molecular weight excluding hydrogens is 328 g/mol. The second kappa shape index (κ2) is 7.60. The summed E-state index contributed by atoms with van der Waals surface area (Å²) in [5.41, 5.74) is 1.27. The number of hydrogen-bond donors (Lipinski definition) is 1. The largest absolute Gasteiger partial charge is 0.497 e. The van der Waals surface area contributed by atoms with E-state index in [4.69, 9.17) is 9.47 Å². The van der Waals surface area contributed by atoms with Crippen LogP contribution in [0, 0.1) is 0 Å². The lowest BCUT2D eigenvalue weighted by atomic mass is 9.89. The van der Waals surface area contributed by atoms with Gasteiger partial charge in [-0.15, -0.1) is 0 Å². The van der Waals surface area contributed by atoms with Crippen LogP contribution in [-0.4, -0.2) is 53.3 Å². The van der Waals surface area contributed by atoms with Crippen molar-refractivity contribution in [3.8, 4) is 5.75 Å². The number of aromatic nitrogens is 2. The summed E-state index contributed by atoms with van der Waals surface area (Å²) in [4.78, 5) is 11.1. The zero-order chi connectivity index (χ0) is 17.8. The average molecular weight is 354 g/mol. The van der Waals surface area contributed by atoms with Crippen molar-refractivity contribution in [2.75, 3.05) is 32.1 Å². The number of benzene rings is 1. The number of anilines is 1. The van der Waals surface area contributed by atoms with E-state index in [1.807, 2.05) is 18.2 Å². The van der Waals surface area contributed by atoms with Gasteiger partial charge in [0, 0.05) is 44.7 Å². The summed E-state index contributed by atoms with van der Waals surface area (Å²) in [6.45, 7) is 3.79. The molecule has 138 valence electrons. The maximum atomic E-state index is 6.26. The number of nitrogens with one attached hydrogen (secondary N) is 1. The summed E-state index contributed by atoms with van der Waals surface area (Å²) >= 11 is 0. The molecule has 0 saturated carbocycles. The van der Waals surface area contributed by atoms with Gasteiger partial charge in [-0.2, -0.15) is 0 Å². The highest BCUT2D eigenvalue weighted by molar-refractivity contribution is 5.27. The third-order valence-electron chi connectivity index (χ3n) is 5.35. The molecule has 2 saturated heterocycles. The molecule has 1 spiro atoms. The fourth-order valence-electron chi connectivity index (χ4n) is 4.04. The zero-order valence-electron chi connectivity index (χ0n) is 15.2. The number of likely N-dealkylation sites (tertiary alicyclic amines) is 1. The predicted molar refractivity (Wildman–Crippen MR) is 100 cm³/mol. The fourth-order valence-corrected chi connectivity index (χ4v) is 4.04. The van der Waals surface area contributed by atoms with E-state index in [2.05, 4.69) is 32.3 Å². The predicted octanol–water partition coefficient (Wildman–Crippen LogP) is 2.72. The van der Waals surface area contributed by atoms with Gasteiger partial charge >= 0.3 is 0 Å². The van der Waals surface area contributed by atoms with E-state index in [1.54, 1.807) is 19.5 Å². The van der Waals surface area contributed by atoms with Gasteiger partial charge in [-0.25, -0.2) is 9.97 Å². The third kappa shape index (κ3) is 3.97. The van der Waals surface area contributed by atoms with Gasteiger partial charge in [-0.1, -0.05) is 12.1 Å². The van der Waals surface area contributed by atoms with Gasteiger partial charge in [0.2, 0.25) is 5.95 Å². The van der Waals surface area contributed by atoms with Crippen LogP contribution in [0.25, 0.3) is 0 Å². The van der Waals surface area contributed by atoms with E-state index in [0.29, 0.717) is 12.0 Å². The van der Waals surface area contributed by atoms with Crippen LogP contribution < -0.4 is 10.1 Å². The highest BCUT2D eigenvalue weighted by Crippen LogP contribution is 2.35. The van der Waals surface area contributed by atoms with Crippen molar-refractivity contribution < 1.29 is 9.47 Å². The molecule has 2 atom stereocenters. The minimum atomic E-state index is -0.0445. The molecule has 1 N–H and O–H groups in total. The Morgan fingerprint density at radius 2 is 2.08 bits per heavy atom. The van der Waals surface area contributed by atoms with Crippen molar-refractivity contribution in [3.05, 3.63) is 48.3 Å². The molecule has 1 aromatic heterocycles. The first-order valence-corrected chi connectivity index (χ1v) is 9.27. The number of hydrogen-bond acceptors (Lipinski definition) is 6. The minimum Gasteiger partial charge on any atom is -0.497 e. The lowest BCUT2D eigenvalue weighted by Gasteiger charge is -2.38. The maximum absolute atomic E-state index is 6.26. The quantitative estimate of drug-likeness (QED) is 0.891. The van der Waals surface area contributed by atoms with Gasteiger partial charge in [-0.05, 0) is 43.0 Å². The first-order valence-electron chi connectivity index (χ1n) is 9.27. The van der Waals surface area contributed by atoms with Crippen LogP contribution in [0.2, 0.25) is 0 Å². The topological polar surface area (TPSA) is 59.5 Å². The Labute approximate surface area is 154 Å². The van der Waals surface area contributed by atoms with Crippen LogP contribution in [-0.2, 0) is 11.3 Å². The average Bonchev–Trinajstić information content (AvgIpc) is 3.05. The van der Waals surface area contributed by atoms with Gasteiger partial charge in [0.25, 0.3) is 0 Å².